The molecule has 1 fully saturated rings. The minimum atomic E-state index is -0.862. The summed E-state index contributed by atoms with van der Waals surface area (Å²) in [6.45, 7) is 5.99. The van der Waals surface area contributed by atoms with E-state index in [0.29, 0.717) is 19.4 Å². The molecule has 1 heterocycles. The number of nitrogens with one attached hydrogen (secondary N) is 2. The molecule has 7 heteroatoms. The number of thioether (sulfide) groups is 1. The molecular formula is C18H25N3O3S. The second kappa shape index (κ2) is 8.38. The van der Waals surface area contributed by atoms with Crippen molar-refractivity contribution in [2.45, 2.75) is 44.0 Å². The third-order valence-corrected chi connectivity index (χ3v) is 5.48. The van der Waals surface area contributed by atoms with Gasteiger partial charge in [0.05, 0.1) is 0 Å². The molecule has 1 aliphatic heterocycles. The first-order chi connectivity index (χ1) is 11.9. The van der Waals surface area contributed by atoms with Gasteiger partial charge >= 0.3 is 6.03 Å². The Balaban J connectivity index is 1.77. The fourth-order valence-corrected chi connectivity index (χ4v) is 3.51. The predicted molar refractivity (Wildman–Crippen MR) is 98.5 cm³/mol. The summed E-state index contributed by atoms with van der Waals surface area (Å²) in [5.41, 5.74) is 0.347. The van der Waals surface area contributed by atoms with Gasteiger partial charge in [0.25, 0.3) is 5.91 Å². The van der Waals surface area contributed by atoms with Crippen molar-refractivity contribution in [3.8, 4) is 0 Å². The van der Waals surface area contributed by atoms with Crippen LogP contribution in [0.15, 0.2) is 29.2 Å². The van der Waals surface area contributed by atoms with Gasteiger partial charge in [0.15, 0.2) is 0 Å². The lowest BCUT2D eigenvalue weighted by Crippen LogP contribution is -2.46. The summed E-state index contributed by atoms with van der Waals surface area (Å²) < 4.78 is 0. The topological polar surface area (TPSA) is 78.5 Å². The number of amides is 4. The largest absolute Gasteiger partial charge is 0.354 e. The zero-order chi connectivity index (χ0) is 18.4. The van der Waals surface area contributed by atoms with E-state index in [9.17, 15) is 14.4 Å². The van der Waals surface area contributed by atoms with E-state index in [1.807, 2.05) is 45.0 Å². The van der Waals surface area contributed by atoms with E-state index in [-0.39, 0.29) is 18.4 Å². The van der Waals surface area contributed by atoms with Crippen molar-refractivity contribution < 1.29 is 14.4 Å². The average molecular weight is 363 g/mol. The molecule has 0 aromatic heterocycles. The Kier molecular flexibility index (Phi) is 6.47. The molecule has 6 nitrogen and oxygen atoms in total. The van der Waals surface area contributed by atoms with Crippen LogP contribution in [0, 0.1) is 6.92 Å². The van der Waals surface area contributed by atoms with E-state index >= 15 is 0 Å². The molecule has 0 bridgehead atoms. The first kappa shape index (κ1) is 19.3. The molecule has 1 aromatic carbocycles. The van der Waals surface area contributed by atoms with Gasteiger partial charge in [-0.15, -0.1) is 11.8 Å². The van der Waals surface area contributed by atoms with Crippen LogP contribution in [0.1, 0.15) is 32.3 Å². The van der Waals surface area contributed by atoms with Gasteiger partial charge in [0, 0.05) is 17.2 Å². The quantitative estimate of drug-likeness (QED) is 0.422. The SMILES string of the molecule is CCC1(CC)NC(=O)N(CC(=O)NCCSc2ccc(C)cc2)C1=O. The molecule has 1 aliphatic rings. The van der Waals surface area contributed by atoms with E-state index in [2.05, 4.69) is 10.6 Å². The summed E-state index contributed by atoms with van der Waals surface area (Å²) in [5, 5.41) is 5.48. The second-order valence-electron chi connectivity index (χ2n) is 6.12. The van der Waals surface area contributed by atoms with Crippen molar-refractivity contribution >= 4 is 29.6 Å². The number of carbonyl (C=O) groups is 3. The first-order valence-electron chi connectivity index (χ1n) is 8.52. The number of hydrogen-bond acceptors (Lipinski definition) is 4. The number of rotatable bonds is 8. The molecule has 4 amide bonds. The zero-order valence-corrected chi connectivity index (χ0v) is 15.7. The van der Waals surface area contributed by atoms with Crippen molar-refractivity contribution in [3.63, 3.8) is 0 Å². The number of imide groups is 1. The van der Waals surface area contributed by atoms with Crippen molar-refractivity contribution in [3.05, 3.63) is 29.8 Å². The molecule has 0 aliphatic carbocycles. The maximum atomic E-state index is 12.4. The maximum Gasteiger partial charge on any atom is 0.325 e. The molecular weight excluding hydrogens is 338 g/mol. The highest BCUT2D eigenvalue weighted by Crippen LogP contribution is 2.24. The van der Waals surface area contributed by atoms with Crippen LogP contribution in [0.5, 0.6) is 0 Å². The van der Waals surface area contributed by atoms with Crippen LogP contribution in [-0.2, 0) is 9.59 Å². The highest BCUT2D eigenvalue weighted by molar-refractivity contribution is 7.99. The van der Waals surface area contributed by atoms with Crippen LogP contribution < -0.4 is 10.6 Å². The van der Waals surface area contributed by atoms with Gasteiger partial charge < -0.3 is 10.6 Å². The maximum absolute atomic E-state index is 12.4. The Labute approximate surface area is 152 Å². The number of urea groups is 1. The van der Waals surface area contributed by atoms with Crippen molar-refractivity contribution in [1.82, 2.24) is 15.5 Å². The molecule has 1 aromatic rings. The van der Waals surface area contributed by atoms with Crippen LogP contribution in [0.2, 0.25) is 0 Å². The van der Waals surface area contributed by atoms with Gasteiger partial charge in [-0.25, -0.2) is 4.79 Å². The fraction of sp³-hybridized carbons (Fsp3) is 0.500. The number of benzene rings is 1. The zero-order valence-electron chi connectivity index (χ0n) is 14.9. The Morgan fingerprint density at radius 1 is 1.20 bits per heavy atom. The van der Waals surface area contributed by atoms with Crippen LogP contribution in [-0.4, -0.2) is 47.1 Å². The highest BCUT2D eigenvalue weighted by Gasteiger charge is 2.49. The van der Waals surface area contributed by atoms with Crippen LogP contribution in [0.25, 0.3) is 0 Å². The lowest BCUT2D eigenvalue weighted by molar-refractivity contribution is -0.135. The molecule has 0 radical (unpaired) electrons. The Morgan fingerprint density at radius 3 is 2.40 bits per heavy atom. The van der Waals surface area contributed by atoms with E-state index < -0.39 is 11.6 Å². The summed E-state index contributed by atoms with van der Waals surface area (Å²) in [7, 11) is 0. The summed E-state index contributed by atoms with van der Waals surface area (Å²) in [6.07, 6.45) is 1.03. The fourth-order valence-electron chi connectivity index (χ4n) is 2.74. The molecule has 25 heavy (non-hydrogen) atoms. The standard InChI is InChI=1S/C18H25N3O3S/c1-4-18(5-2)16(23)21(17(24)20-18)12-15(22)19-10-11-25-14-8-6-13(3)7-9-14/h6-9H,4-5,10-12H2,1-3H3,(H,19,22)(H,20,24). The second-order valence-corrected chi connectivity index (χ2v) is 7.29. The molecule has 0 spiro atoms. The smallest absolute Gasteiger partial charge is 0.325 e. The van der Waals surface area contributed by atoms with E-state index in [1.54, 1.807) is 11.8 Å². The molecule has 136 valence electrons. The third kappa shape index (κ3) is 4.54. The van der Waals surface area contributed by atoms with E-state index in [1.165, 1.54) is 5.56 Å². The average Bonchev–Trinajstić information content (AvgIpc) is 2.85. The van der Waals surface area contributed by atoms with E-state index in [0.717, 1.165) is 15.5 Å². The van der Waals surface area contributed by atoms with Crippen LogP contribution >= 0.6 is 11.8 Å². The van der Waals surface area contributed by atoms with Crippen molar-refractivity contribution in [1.29, 1.82) is 0 Å². The molecule has 2 N–H and O–H groups in total. The highest BCUT2D eigenvalue weighted by atomic mass is 32.2. The van der Waals surface area contributed by atoms with Gasteiger partial charge in [-0.1, -0.05) is 31.5 Å². The summed E-state index contributed by atoms with van der Waals surface area (Å²) in [6, 6.07) is 7.70. The molecule has 0 unspecified atom stereocenters. The van der Waals surface area contributed by atoms with Gasteiger partial charge in [-0.05, 0) is 31.9 Å². The minimum absolute atomic E-state index is 0.235. The lowest BCUT2D eigenvalue weighted by atomic mass is 9.93. The van der Waals surface area contributed by atoms with Gasteiger partial charge in [-0.2, -0.15) is 0 Å². The number of carbonyl (C=O) groups excluding carboxylic acids is 3. The molecule has 1 saturated heterocycles. The summed E-state index contributed by atoms with van der Waals surface area (Å²) >= 11 is 1.65. The molecule has 2 rings (SSSR count). The van der Waals surface area contributed by atoms with Crippen molar-refractivity contribution in [2.75, 3.05) is 18.8 Å². The van der Waals surface area contributed by atoms with Crippen molar-refractivity contribution in [2.24, 2.45) is 0 Å². The van der Waals surface area contributed by atoms with Gasteiger partial charge in [-0.3, -0.25) is 14.5 Å². The normalized spacial score (nSPS) is 16.0. The third-order valence-electron chi connectivity index (χ3n) is 4.47. The number of nitrogens with zero attached hydrogens (tertiary/aromatic N) is 1. The Hall–Kier alpha value is -2.02. The number of aryl methyl sites for hydroxylation is 1. The molecule has 0 atom stereocenters. The van der Waals surface area contributed by atoms with Crippen LogP contribution in [0.4, 0.5) is 4.79 Å². The van der Waals surface area contributed by atoms with Crippen LogP contribution in [0.3, 0.4) is 0 Å². The van der Waals surface area contributed by atoms with Gasteiger partial charge in [0.1, 0.15) is 12.1 Å². The Morgan fingerprint density at radius 2 is 1.84 bits per heavy atom. The first-order valence-corrected chi connectivity index (χ1v) is 9.50. The predicted octanol–water partition coefficient (Wildman–Crippen LogP) is 2.31. The molecule has 0 saturated carbocycles. The monoisotopic (exact) mass is 363 g/mol. The van der Waals surface area contributed by atoms with E-state index in [4.69, 9.17) is 0 Å². The Bertz CT molecular complexity index is 641. The number of hydrogen-bond donors (Lipinski definition) is 2. The summed E-state index contributed by atoms with van der Waals surface area (Å²) in [5.74, 6) is 0.0886. The minimum Gasteiger partial charge on any atom is -0.354 e. The summed E-state index contributed by atoms with van der Waals surface area (Å²) in [4.78, 5) is 38.6. The van der Waals surface area contributed by atoms with Gasteiger partial charge in [0.2, 0.25) is 5.91 Å². The lowest BCUT2D eigenvalue weighted by Gasteiger charge is -2.22.